The Balaban J connectivity index is 1.74. The zero-order chi connectivity index (χ0) is 13.9. The predicted octanol–water partition coefficient (Wildman–Crippen LogP) is 3.15. The molecule has 1 amide bonds. The maximum absolute atomic E-state index is 12.4. The van der Waals surface area contributed by atoms with Crippen LogP contribution >= 0.6 is 11.3 Å². The lowest BCUT2D eigenvalue weighted by molar-refractivity contribution is 0.0928. The highest BCUT2D eigenvalue weighted by Gasteiger charge is 2.25. The molecule has 0 aliphatic heterocycles. The molecule has 0 spiro atoms. The monoisotopic (exact) mass is 288 g/mol. The predicted molar refractivity (Wildman–Crippen MR) is 84.1 cm³/mol. The molecule has 3 N–H and O–H groups in total. The highest BCUT2D eigenvalue weighted by Crippen LogP contribution is 2.29. The summed E-state index contributed by atoms with van der Waals surface area (Å²) in [7, 11) is 0. The van der Waals surface area contributed by atoms with Gasteiger partial charge in [0.05, 0.1) is 4.88 Å². The third kappa shape index (κ3) is 2.72. The van der Waals surface area contributed by atoms with E-state index in [0.717, 1.165) is 15.0 Å². The van der Waals surface area contributed by atoms with Gasteiger partial charge in [-0.25, -0.2) is 0 Å². The molecule has 1 fully saturated rings. The molecule has 1 aliphatic carbocycles. The number of carbonyl (C=O) groups is 1. The van der Waals surface area contributed by atoms with Gasteiger partial charge in [-0.05, 0) is 36.3 Å². The number of amides is 1. The van der Waals surface area contributed by atoms with Gasteiger partial charge in [0.25, 0.3) is 5.91 Å². The summed E-state index contributed by atoms with van der Waals surface area (Å²) in [6.45, 7) is 0.529. The summed E-state index contributed by atoms with van der Waals surface area (Å²) < 4.78 is 1.16. The molecule has 0 radical (unpaired) electrons. The Hall–Kier alpha value is -1.39. The molecule has 0 bridgehead atoms. The topological polar surface area (TPSA) is 55.1 Å². The quantitative estimate of drug-likeness (QED) is 0.908. The SMILES string of the molecule is NCC(NC(=O)c1cc2ccccc2s1)C1CCCC1. The number of carbonyl (C=O) groups excluding carboxylic acids is 1. The van der Waals surface area contributed by atoms with E-state index in [-0.39, 0.29) is 11.9 Å². The maximum Gasteiger partial charge on any atom is 0.261 e. The Bertz CT molecular complexity index is 568. The van der Waals surface area contributed by atoms with Gasteiger partial charge >= 0.3 is 0 Å². The van der Waals surface area contributed by atoms with E-state index in [1.165, 1.54) is 25.7 Å². The van der Waals surface area contributed by atoms with Crippen LogP contribution in [0.4, 0.5) is 0 Å². The zero-order valence-corrected chi connectivity index (χ0v) is 12.3. The van der Waals surface area contributed by atoms with Crippen LogP contribution in [0.2, 0.25) is 0 Å². The minimum Gasteiger partial charge on any atom is -0.347 e. The third-order valence-electron chi connectivity index (χ3n) is 4.19. The summed E-state index contributed by atoms with van der Waals surface area (Å²) in [5, 5.41) is 4.26. The van der Waals surface area contributed by atoms with Crippen molar-refractivity contribution in [2.24, 2.45) is 11.7 Å². The van der Waals surface area contributed by atoms with Gasteiger partial charge in [-0.3, -0.25) is 4.79 Å². The number of fused-ring (bicyclic) bond motifs is 1. The lowest BCUT2D eigenvalue weighted by Gasteiger charge is -2.22. The standard InChI is InChI=1S/C16H20N2OS/c17-10-13(11-5-1-2-6-11)18-16(19)15-9-12-7-3-4-8-14(12)20-15/h3-4,7-9,11,13H,1-2,5-6,10,17H2,(H,18,19). The van der Waals surface area contributed by atoms with Gasteiger partial charge in [-0.2, -0.15) is 0 Å². The molecule has 3 rings (SSSR count). The van der Waals surface area contributed by atoms with E-state index in [9.17, 15) is 4.79 Å². The van der Waals surface area contributed by atoms with Crippen molar-refractivity contribution in [1.82, 2.24) is 5.32 Å². The van der Waals surface area contributed by atoms with Crippen LogP contribution in [-0.2, 0) is 0 Å². The Morgan fingerprint density at radius 2 is 2.10 bits per heavy atom. The van der Waals surface area contributed by atoms with Crippen molar-refractivity contribution in [1.29, 1.82) is 0 Å². The summed E-state index contributed by atoms with van der Waals surface area (Å²) in [6, 6.07) is 10.2. The Morgan fingerprint density at radius 3 is 2.80 bits per heavy atom. The highest BCUT2D eigenvalue weighted by atomic mass is 32.1. The van der Waals surface area contributed by atoms with E-state index in [1.54, 1.807) is 11.3 Å². The summed E-state index contributed by atoms with van der Waals surface area (Å²) in [4.78, 5) is 13.2. The molecule has 3 nitrogen and oxygen atoms in total. The molecular weight excluding hydrogens is 268 g/mol. The lowest BCUT2D eigenvalue weighted by Crippen LogP contribution is -2.44. The van der Waals surface area contributed by atoms with Crippen molar-refractivity contribution >= 4 is 27.3 Å². The number of hydrogen-bond donors (Lipinski definition) is 2. The molecule has 0 saturated heterocycles. The first-order valence-electron chi connectivity index (χ1n) is 7.27. The molecule has 1 atom stereocenters. The van der Waals surface area contributed by atoms with E-state index in [2.05, 4.69) is 5.32 Å². The van der Waals surface area contributed by atoms with Crippen LogP contribution in [0.1, 0.15) is 35.4 Å². The van der Waals surface area contributed by atoms with Crippen molar-refractivity contribution in [3.05, 3.63) is 35.2 Å². The second kappa shape index (κ2) is 5.94. The molecule has 1 aliphatic rings. The minimum atomic E-state index is 0.0218. The van der Waals surface area contributed by atoms with E-state index in [0.29, 0.717) is 12.5 Å². The van der Waals surface area contributed by atoms with E-state index in [4.69, 9.17) is 5.73 Å². The van der Waals surface area contributed by atoms with Crippen LogP contribution < -0.4 is 11.1 Å². The fourth-order valence-electron chi connectivity index (χ4n) is 3.06. The molecule has 20 heavy (non-hydrogen) atoms. The Labute approximate surface area is 123 Å². The van der Waals surface area contributed by atoms with Crippen LogP contribution in [0.15, 0.2) is 30.3 Å². The molecule has 1 aromatic carbocycles. The van der Waals surface area contributed by atoms with Gasteiger partial charge in [0, 0.05) is 17.3 Å². The van der Waals surface area contributed by atoms with Gasteiger partial charge in [-0.15, -0.1) is 11.3 Å². The highest BCUT2D eigenvalue weighted by molar-refractivity contribution is 7.20. The molecule has 4 heteroatoms. The van der Waals surface area contributed by atoms with E-state index in [1.807, 2.05) is 30.3 Å². The maximum atomic E-state index is 12.4. The first-order chi connectivity index (χ1) is 9.78. The third-order valence-corrected chi connectivity index (χ3v) is 5.30. The molecule has 1 heterocycles. The van der Waals surface area contributed by atoms with Gasteiger partial charge in [-0.1, -0.05) is 31.0 Å². The molecule has 1 unspecified atom stereocenters. The minimum absolute atomic E-state index is 0.0218. The van der Waals surface area contributed by atoms with Crippen molar-refractivity contribution in [2.45, 2.75) is 31.7 Å². The van der Waals surface area contributed by atoms with E-state index >= 15 is 0 Å². The number of nitrogens with two attached hydrogens (primary N) is 1. The van der Waals surface area contributed by atoms with Crippen molar-refractivity contribution in [3.8, 4) is 0 Å². The van der Waals surface area contributed by atoms with Crippen LogP contribution in [-0.4, -0.2) is 18.5 Å². The Morgan fingerprint density at radius 1 is 1.35 bits per heavy atom. The van der Waals surface area contributed by atoms with Gasteiger partial charge in [0.2, 0.25) is 0 Å². The normalized spacial score (nSPS) is 17.4. The number of rotatable bonds is 4. The van der Waals surface area contributed by atoms with Crippen LogP contribution in [0.3, 0.4) is 0 Å². The fourth-order valence-corrected chi connectivity index (χ4v) is 4.03. The average Bonchev–Trinajstić information content (AvgIpc) is 3.13. The number of thiophene rings is 1. The molecule has 106 valence electrons. The average molecular weight is 288 g/mol. The Kier molecular flexibility index (Phi) is 4.03. The summed E-state index contributed by atoms with van der Waals surface area (Å²) in [5.41, 5.74) is 5.84. The van der Waals surface area contributed by atoms with Gasteiger partial charge in [0.15, 0.2) is 0 Å². The van der Waals surface area contributed by atoms with Crippen molar-refractivity contribution in [2.75, 3.05) is 6.54 Å². The van der Waals surface area contributed by atoms with Crippen LogP contribution in [0.25, 0.3) is 10.1 Å². The first-order valence-corrected chi connectivity index (χ1v) is 8.09. The van der Waals surface area contributed by atoms with Crippen molar-refractivity contribution in [3.63, 3.8) is 0 Å². The molecule has 1 saturated carbocycles. The van der Waals surface area contributed by atoms with Crippen molar-refractivity contribution < 1.29 is 4.79 Å². The fraction of sp³-hybridized carbons (Fsp3) is 0.438. The van der Waals surface area contributed by atoms with Gasteiger partial charge < -0.3 is 11.1 Å². The zero-order valence-electron chi connectivity index (χ0n) is 11.5. The van der Waals surface area contributed by atoms with Gasteiger partial charge in [0.1, 0.15) is 0 Å². The van der Waals surface area contributed by atoms with Crippen LogP contribution in [0.5, 0.6) is 0 Å². The number of benzene rings is 1. The smallest absolute Gasteiger partial charge is 0.261 e. The first kappa shape index (κ1) is 13.6. The second-order valence-corrected chi connectivity index (χ2v) is 6.59. The molecule has 2 aromatic rings. The lowest BCUT2D eigenvalue weighted by atomic mass is 9.98. The summed E-state index contributed by atoms with van der Waals surface area (Å²) >= 11 is 1.55. The second-order valence-electron chi connectivity index (χ2n) is 5.51. The number of hydrogen-bond acceptors (Lipinski definition) is 3. The largest absolute Gasteiger partial charge is 0.347 e. The number of nitrogens with one attached hydrogen (secondary N) is 1. The summed E-state index contributed by atoms with van der Waals surface area (Å²) in [5.74, 6) is 0.576. The summed E-state index contributed by atoms with van der Waals surface area (Å²) in [6.07, 6.45) is 4.91. The van der Waals surface area contributed by atoms with E-state index < -0.39 is 0 Å². The van der Waals surface area contributed by atoms with Crippen LogP contribution in [0, 0.1) is 5.92 Å². The molecule has 1 aromatic heterocycles. The molecular formula is C16H20N2OS.